The Balaban J connectivity index is 2.47. The summed E-state index contributed by atoms with van der Waals surface area (Å²) in [6.07, 6.45) is 3.95. The van der Waals surface area contributed by atoms with Gasteiger partial charge >= 0.3 is 6.04 Å². The standard InChI is InChI=1S/C8H13FO/c1-6-4-2-3-5-7(6)8(9)10/h6-7H,2-5H2,1H3/t6-,7+/m0/s1. The van der Waals surface area contributed by atoms with Crippen LogP contribution in [0, 0.1) is 11.8 Å². The van der Waals surface area contributed by atoms with Crippen LogP contribution in [0.4, 0.5) is 4.39 Å². The molecule has 58 valence electrons. The summed E-state index contributed by atoms with van der Waals surface area (Å²) >= 11 is 0. The molecule has 0 aromatic heterocycles. The van der Waals surface area contributed by atoms with Crippen LogP contribution in [-0.4, -0.2) is 6.04 Å². The first-order valence-electron chi connectivity index (χ1n) is 3.91. The Morgan fingerprint density at radius 2 is 2.00 bits per heavy atom. The minimum atomic E-state index is -1.10. The molecular weight excluding hydrogens is 131 g/mol. The highest BCUT2D eigenvalue weighted by Crippen LogP contribution is 2.30. The smallest absolute Gasteiger partial charge is 0.261 e. The van der Waals surface area contributed by atoms with Gasteiger partial charge in [0.1, 0.15) is 0 Å². The number of halogens is 1. The summed E-state index contributed by atoms with van der Waals surface area (Å²) in [5, 5.41) is 0. The lowest BCUT2D eigenvalue weighted by Gasteiger charge is -2.24. The molecule has 0 N–H and O–H groups in total. The van der Waals surface area contributed by atoms with Gasteiger partial charge in [-0.25, -0.2) is 0 Å². The lowest BCUT2D eigenvalue weighted by Crippen LogP contribution is -2.22. The summed E-state index contributed by atoms with van der Waals surface area (Å²) < 4.78 is 12.2. The molecule has 0 spiro atoms. The van der Waals surface area contributed by atoms with Crippen LogP contribution in [-0.2, 0) is 4.79 Å². The lowest BCUT2D eigenvalue weighted by molar-refractivity contribution is -0.136. The Morgan fingerprint density at radius 3 is 2.40 bits per heavy atom. The van der Waals surface area contributed by atoms with Crippen molar-refractivity contribution in [2.24, 2.45) is 11.8 Å². The lowest BCUT2D eigenvalue weighted by atomic mass is 9.81. The molecule has 2 atom stereocenters. The Bertz CT molecular complexity index is 133. The van der Waals surface area contributed by atoms with E-state index in [0.29, 0.717) is 0 Å². The first kappa shape index (κ1) is 7.70. The number of carbonyl (C=O) groups excluding carboxylic acids is 1. The van der Waals surface area contributed by atoms with Gasteiger partial charge in [0.15, 0.2) is 0 Å². The van der Waals surface area contributed by atoms with Crippen LogP contribution in [0.3, 0.4) is 0 Å². The molecule has 0 radical (unpaired) electrons. The molecule has 1 saturated carbocycles. The maximum Gasteiger partial charge on any atom is 0.304 e. The molecule has 1 aliphatic rings. The van der Waals surface area contributed by atoms with E-state index in [1.54, 1.807) is 0 Å². The fourth-order valence-electron chi connectivity index (χ4n) is 1.65. The van der Waals surface area contributed by atoms with Crippen LogP contribution in [0.5, 0.6) is 0 Å². The Kier molecular flexibility index (Phi) is 2.41. The summed E-state index contributed by atoms with van der Waals surface area (Å²) in [7, 11) is 0. The van der Waals surface area contributed by atoms with E-state index in [0.717, 1.165) is 25.7 Å². The molecule has 10 heavy (non-hydrogen) atoms. The average molecular weight is 144 g/mol. The maximum absolute atomic E-state index is 12.2. The first-order valence-corrected chi connectivity index (χ1v) is 3.91. The summed E-state index contributed by atoms with van der Waals surface area (Å²) in [5.74, 6) is -0.0139. The summed E-state index contributed by atoms with van der Waals surface area (Å²) in [6.45, 7) is 1.96. The average Bonchev–Trinajstić information content (AvgIpc) is 1.88. The van der Waals surface area contributed by atoms with Gasteiger partial charge in [0.2, 0.25) is 0 Å². The molecule has 0 aromatic rings. The fourth-order valence-corrected chi connectivity index (χ4v) is 1.65. The van der Waals surface area contributed by atoms with Crippen molar-refractivity contribution < 1.29 is 9.18 Å². The second-order valence-corrected chi connectivity index (χ2v) is 3.17. The molecule has 0 aliphatic heterocycles. The zero-order valence-electron chi connectivity index (χ0n) is 6.27. The molecule has 0 unspecified atom stereocenters. The van der Waals surface area contributed by atoms with Crippen LogP contribution in [0.15, 0.2) is 0 Å². The molecule has 2 heteroatoms. The van der Waals surface area contributed by atoms with E-state index in [2.05, 4.69) is 0 Å². The van der Waals surface area contributed by atoms with Crippen molar-refractivity contribution in [2.75, 3.05) is 0 Å². The molecule has 1 nitrogen and oxygen atoms in total. The van der Waals surface area contributed by atoms with Gasteiger partial charge in [-0.2, -0.15) is 4.39 Å². The van der Waals surface area contributed by atoms with Gasteiger partial charge in [0.25, 0.3) is 0 Å². The van der Waals surface area contributed by atoms with E-state index in [9.17, 15) is 9.18 Å². The van der Waals surface area contributed by atoms with Gasteiger partial charge in [-0.1, -0.05) is 19.8 Å². The van der Waals surface area contributed by atoms with E-state index < -0.39 is 6.04 Å². The molecule has 0 aromatic carbocycles. The predicted octanol–water partition coefficient (Wildman–Crippen LogP) is 2.31. The molecule has 0 bridgehead atoms. The van der Waals surface area contributed by atoms with Gasteiger partial charge in [0.05, 0.1) is 5.92 Å². The van der Waals surface area contributed by atoms with Crippen LogP contribution in [0.2, 0.25) is 0 Å². The van der Waals surface area contributed by atoms with Crippen LogP contribution in [0.25, 0.3) is 0 Å². The summed E-state index contributed by atoms with van der Waals surface area (Å²) in [4.78, 5) is 10.3. The van der Waals surface area contributed by atoms with E-state index in [1.165, 1.54) is 0 Å². The van der Waals surface area contributed by atoms with Crippen molar-refractivity contribution in [3.05, 3.63) is 0 Å². The minimum absolute atomic E-state index is 0.270. The monoisotopic (exact) mass is 144 g/mol. The van der Waals surface area contributed by atoms with Crippen molar-refractivity contribution in [3.8, 4) is 0 Å². The highest BCUT2D eigenvalue weighted by Gasteiger charge is 2.27. The highest BCUT2D eigenvalue weighted by atomic mass is 19.1. The Hall–Kier alpha value is -0.400. The van der Waals surface area contributed by atoms with E-state index in [1.807, 2.05) is 6.92 Å². The van der Waals surface area contributed by atoms with Crippen molar-refractivity contribution in [2.45, 2.75) is 32.6 Å². The molecule has 1 fully saturated rings. The predicted molar refractivity (Wildman–Crippen MR) is 37.2 cm³/mol. The maximum atomic E-state index is 12.2. The summed E-state index contributed by atoms with van der Waals surface area (Å²) in [5.41, 5.74) is 0. The van der Waals surface area contributed by atoms with E-state index in [4.69, 9.17) is 0 Å². The third kappa shape index (κ3) is 1.55. The molecule has 0 saturated heterocycles. The molecule has 0 heterocycles. The normalized spacial score (nSPS) is 33.8. The minimum Gasteiger partial charge on any atom is -0.261 e. The molecule has 1 rings (SSSR count). The van der Waals surface area contributed by atoms with E-state index >= 15 is 0 Å². The molecular formula is C8H13FO. The quantitative estimate of drug-likeness (QED) is 0.516. The number of rotatable bonds is 1. The third-order valence-electron chi connectivity index (χ3n) is 2.40. The van der Waals surface area contributed by atoms with Crippen LogP contribution >= 0.6 is 0 Å². The second-order valence-electron chi connectivity index (χ2n) is 3.17. The highest BCUT2D eigenvalue weighted by molar-refractivity contribution is 5.71. The van der Waals surface area contributed by atoms with Gasteiger partial charge in [-0.15, -0.1) is 0 Å². The molecule has 0 amide bonds. The number of hydrogen-bond donors (Lipinski definition) is 0. The van der Waals surface area contributed by atoms with Crippen molar-refractivity contribution >= 4 is 6.04 Å². The Labute approximate surface area is 60.6 Å². The zero-order chi connectivity index (χ0) is 7.56. The second kappa shape index (κ2) is 3.13. The van der Waals surface area contributed by atoms with Crippen molar-refractivity contribution in [1.29, 1.82) is 0 Å². The van der Waals surface area contributed by atoms with Crippen molar-refractivity contribution in [1.82, 2.24) is 0 Å². The Morgan fingerprint density at radius 1 is 1.40 bits per heavy atom. The molecule has 1 aliphatic carbocycles. The zero-order valence-corrected chi connectivity index (χ0v) is 6.27. The van der Waals surface area contributed by atoms with Crippen LogP contribution < -0.4 is 0 Å². The van der Waals surface area contributed by atoms with Gasteiger partial charge in [-0.05, 0) is 18.8 Å². The SMILES string of the molecule is C[C@H]1CCCC[C@H]1C(=O)F. The summed E-state index contributed by atoms with van der Waals surface area (Å²) in [6, 6.07) is -1.10. The van der Waals surface area contributed by atoms with Gasteiger partial charge in [0, 0.05) is 0 Å². The first-order chi connectivity index (χ1) is 4.72. The topological polar surface area (TPSA) is 17.1 Å². The van der Waals surface area contributed by atoms with Gasteiger partial charge in [-0.3, -0.25) is 4.79 Å². The van der Waals surface area contributed by atoms with Crippen LogP contribution in [0.1, 0.15) is 32.6 Å². The number of hydrogen-bond acceptors (Lipinski definition) is 1. The third-order valence-corrected chi connectivity index (χ3v) is 2.40. The van der Waals surface area contributed by atoms with Crippen molar-refractivity contribution in [3.63, 3.8) is 0 Å². The largest absolute Gasteiger partial charge is 0.304 e. The fraction of sp³-hybridized carbons (Fsp3) is 0.875. The van der Waals surface area contributed by atoms with E-state index in [-0.39, 0.29) is 11.8 Å². The van der Waals surface area contributed by atoms with Gasteiger partial charge < -0.3 is 0 Å². The number of carbonyl (C=O) groups is 1.